The van der Waals surface area contributed by atoms with Gasteiger partial charge in [-0.3, -0.25) is 18.9 Å². The standard InChI is InChI=1S/C27H35F15O12S/c1-4-14(8-49-11-22(28,29)25(34,35)36)52-18(43)7-17(20(44)53-15(5-2)9-50-12-23(30,31)26(37,38)39)19(55(46,47)48)21(45)54-16(6-3)10-51-13-24(32,33)27(40,41)42/h14-17,19H,4-13H2,1-3H3,(H,46,47,48). The maximum Gasteiger partial charge on any atom is 0.455 e. The van der Waals surface area contributed by atoms with Crippen LogP contribution in [0.4, 0.5) is 65.9 Å². The second kappa shape index (κ2) is 20.5. The van der Waals surface area contributed by atoms with Gasteiger partial charge >= 0.3 is 54.2 Å². The molecule has 12 nitrogen and oxygen atoms in total. The van der Waals surface area contributed by atoms with Crippen molar-refractivity contribution in [3.8, 4) is 0 Å². The second-order valence-electron chi connectivity index (χ2n) is 11.4. The Labute approximate surface area is 302 Å². The van der Waals surface area contributed by atoms with Gasteiger partial charge in [0.15, 0.2) is 5.25 Å². The normalized spacial score (nSPS) is 16.5. The molecular formula is C27H35F15O12S. The highest BCUT2D eigenvalue weighted by Crippen LogP contribution is 2.37. The van der Waals surface area contributed by atoms with E-state index in [9.17, 15) is 93.2 Å². The molecule has 28 heteroatoms. The van der Waals surface area contributed by atoms with Crippen LogP contribution in [0.2, 0.25) is 0 Å². The number of hydrogen-bond donors (Lipinski definition) is 1. The molecule has 1 N–H and O–H groups in total. The summed E-state index contributed by atoms with van der Waals surface area (Å²) in [5.41, 5.74) is 0. The lowest BCUT2D eigenvalue weighted by Gasteiger charge is -2.27. The zero-order valence-corrected chi connectivity index (χ0v) is 29.3. The van der Waals surface area contributed by atoms with E-state index in [1.54, 1.807) is 0 Å². The third kappa shape index (κ3) is 17.0. The zero-order chi connectivity index (χ0) is 43.4. The maximum absolute atomic E-state index is 13.2. The molecule has 55 heavy (non-hydrogen) atoms. The largest absolute Gasteiger partial charge is 0.460 e. The molecule has 0 aliphatic carbocycles. The number of rotatable bonds is 24. The molecule has 0 aliphatic heterocycles. The number of ether oxygens (including phenoxy) is 6. The summed E-state index contributed by atoms with van der Waals surface area (Å²) in [7, 11) is -6.01. The molecule has 5 atom stereocenters. The van der Waals surface area contributed by atoms with Gasteiger partial charge < -0.3 is 28.4 Å². The predicted octanol–water partition coefficient (Wildman–Crippen LogP) is 5.86. The highest BCUT2D eigenvalue weighted by molar-refractivity contribution is 7.87. The molecule has 0 rings (SSSR count). The number of carbonyl (C=O) groups excluding carboxylic acids is 3. The topological polar surface area (TPSA) is 161 Å². The second-order valence-corrected chi connectivity index (χ2v) is 12.9. The Morgan fingerprint density at radius 2 is 0.818 bits per heavy atom. The van der Waals surface area contributed by atoms with E-state index in [0.29, 0.717) is 0 Å². The molecule has 0 amide bonds. The van der Waals surface area contributed by atoms with Crippen LogP contribution in [-0.4, -0.2) is 130 Å². The molecule has 0 saturated heterocycles. The van der Waals surface area contributed by atoms with E-state index in [4.69, 9.17) is 14.2 Å². The lowest BCUT2D eigenvalue weighted by molar-refractivity contribution is -0.298. The van der Waals surface area contributed by atoms with Crippen molar-refractivity contribution in [3.63, 3.8) is 0 Å². The molecule has 0 bridgehead atoms. The van der Waals surface area contributed by atoms with Crippen LogP contribution in [-0.2, 0) is 52.9 Å². The summed E-state index contributed by atoms with van der Waals surface area (Å²) in [5, 5.41) is -3.30. The Bertz CT molecular complexity index is 1340. The lowest BCUT2D eigenvalue weighted by atomic mass is 10.0. The first-order chi connectivity index (χ1) is 24.7. The number of alkyl halides is 15. The van der Waals surface area contributed by atoms with Gasteiger partial charge in [-0.15, -0.1) is 0 Å². The van der Waals surface area contributed by atoms with Gasteiger partial charge in [-0.05, 0) is 19.3 Å². The van der Waals surface area contributed by atoms with E-state index in [0.717, 1.165) is 20.8 Å². The Morgan fingerprint density at radius 3 is 1.09 bits per heavy atom. The fraction of sp³-hybridized carbons (Fsp3) is 0.889. The molecule has 5 unspecified atom stereocenters. The quantitative estimate of drug-likeness (QED) is 0.0534. The summed E-state index contributed by atoms with van der Waals surface area (Å²) < 4.78 is 253. The van der Waals surface area contributed by atoms with Crippen molar-refractivity contribution < 1.29 is 122 Å². The van der Waals surface area contributed by atoms with Crippen LogP contribution in [0.1, 0.15) is 46.5 Å². The number of esters is 3. The molecule has 0 aliphatic rings. The monoisotopic (exact) mass is 868 g/mol. The van der Waals surface area contributed by atoms with Crippen LogP contribution in [0.15, 0.2) is 0 Å². The third-order valence-electron chi connectivity index (χ3n) is 6.84. The zero-order valence-electron chi connectivity index (χ0n) is 28.5. The van der Waals surface area contributed by atoms with Gasteiger partial charge in [0.1, 0.15) is 38.1 Å². The Morgan fingerprint density at radius 1 is 0.527 bits per heavy atom. The summed E-state index contributed by atoms with van der Waals surface area (Å²) in [6, 6.07) is 0. The van der Waals surface area contributed by atoms with Crippen LogP contribution >= 0.6 is 0 Å². The third-order valence-corrected chi connectivity index (χ3v) is 8.01. The van der Waals surface area contributed by atoms with E-state index < -0.39 is 159 Å². The molecule has 0 saturated carbocycles. The summed E-state index contributed by atoms with van der Waals surface area (Å²) >= 11 is 0. The summed E-state index contributed by atoms with van der Waals surface area (Å²) in [6.45, 7) is -7.36. The summed E-state index contributed by atoms with van der Waals surface area (Å²) in [6.07, 6.45) is -26.9. The first kappa shape index (κ1) is 52.2. The van der Waals surface area contributed by atoms with E-state index >= 15 is 0 Å². The Balaban J connectivity index is 6.41. The minimum absolute atomic E-state index is 0.425. The number of carbonyl (C=O) groups is 3. The van der Waals surface area contributed by atoms with Crippen molar-refractivity contribution in [1.82, 2.24) is 0 Å². The van der Waals surface area contributed by atoms with Crippen LogP contribution in [0.5, 0.6) is 0 Å². The molecule has 0 aromatic heterocycles. The van der Waals surface area contributed by atoms with Crippen LogP contribution < -0.4 is 0 Å². The van der Waals surface area contributed by atoms with E-state index in [1.807, 2.05) is 0 Å². The molecular weight excluding hydrogens is 833 g/mol. The predicted molar refractivity (Wildman–Crippen MR) is 149 cm³/mol. The van der Waals surface area contributed by atoms with Gasteiger partial charge in [0.25, 0.3) is 10.1 Å². The van der Waals surface area contributed by atoms with Crippen LogP contribution in [0, 0.1) is 5.92 Å². The van der Waals surface area contributed by atoms with Crippen molar-refractivity contribution in [2.75, 3.05) is 39.6 Å². The fourth-order valence-corrected chi connectivity index (χ4v) is 4.53. The highest BCUT2D eigenvalue weighted by atomic mass is 32.2. The molecule has 0 radical (unpaired) electrons. The molecule has 0 aromatic carbocycles. The summed E-state index contributed by atoms with van der Waals surface area (Å²) in [5.74, 6) is -25.2. The molecule has 326 valence electrons. The number of halogens is 15. The van der Waals surface area contributed by atoms with Gasteiger partial charge in [-0.2, -0.15) is 74.3 Å². The van der Waals surface area contributed by atoms with Crippen molar-refractivity contribution in [1.29, 1.82) is 0 Å². The molecule has 0 heterocycles. The molecule has 0 aromatic rings. The van der Waals surface area contributed by atoms with E-state index in [2.05, 4.69) is 14.2 Å². The van der Waals surface area contributed by atoms with Crippen LogP contribution in [0.3, 0.4) is 0 Å². The minimum Gasteiger partial charge on any atom is -0.460 e. The smallest absolute Gasteiger partial charge is 0.455 e. The lowest BCUT2D eigenvalue weighted by Crippen LogP contribution is -2.47. The van der Waals surface area contributed by atoms with Crippen LogP contribution in [0.25, 0.3) is 0 Å². The minimum atomic E-state index is -6.10. The average molecular weight is 869 g/mol. The van der Waals surface area contributed by atoms with Crippen molar-refractivity contribution in [2.24, 2.45) is 5.92 Å². The number of hydrogen-bond acceptors (Lipinski definition) is 11. The van der Waals surface area contributed by atoms with Gasteiger partial charge in [-0.1, -0.05) is 20.8 Å². The van der Waals surface area contributed by atoms with Gasteiger partial charge in [0, 0.05) is 0 Å². The van der Waals surface area contributed by atoms with Crippen molar-refractivity contribution in [2.45, 2.75) is 106 Å². The van der Waals surface area contributed by atoms with Crippen molar-refractivity contribution in [3.05, 3.63) is 0 Å². The van der Waals surface area contributed by atoms with Gasteiger partial charge in [0.05, 0.1) is 32.2 Å². The summed E-state index contributed by atoms with van der Waals surface area (Å²) in [4.78, 5) is 39.0. The molecule has 0 fully saturated rings. The van der Waals surface area contributed by atoms with Gasteiger partial charge in [-0.25, -0.2) is 0 Å². The van der Waals surface area contributed by atoms with E-state index in [-0.39, 0.29) is 0 Å². The molecule has 0 spiro atoms. The first-order valence-electron chi connectivity index (χ1n) is 15.3. The fourth-order valence-electron chi connectivity index (χ4n) is 3.61. The van der Waals surface area contributed by atoms with Gasteiger partial charge in [0.2, 0.25) is 0 Å². The first-order valence-corrected chi connectivity index (χ1v) is 16.8. The van der Waals surface area contributed by atoms with Crippen molar-refractivity contribution >= 4 is 28.0 Å². The Hall–Kier alpha value is -2.85. The van der Waals surface area contributed by atoms with E-state index in [1.165, 1.54) is 0 Å². The highest BCUT2D eigenvalue weighted by Gasteiger charge is 2.59. The maximum atomic E-state index is 13.2. The SMILES string of the molecule is CCC(COCC(F)(F)C(F)(F)F)OC(=O)CC(C(=O)OC(CC)COCC(F)(F)C(F)(F)F)C(C(=O)OC(CC)COCC(F)(F)C(F)(F)F)S(=O)(=O)O. The average Bonchev–Trinajstić information content (AvgIpc) is 3.00. The Kier molecular flexibility index (Phi) is 19.5.